The van der Waals surface area contributed by atoms with E-state index in [0.717, 1.165) is 24.4 Å². The molecule has 4 nitrogen and oxygen atoms in total. The number of methoxy groups -OCH3 is 2. The maximum Gasteiger partial charge on any atom is 0.216 e. The van der Waals surface area contributed by atoms with Crippen LogP contribution in [0.4, 0.5) is 0 Å². The highest BCUT2D eigenvalue weighted by molar-refractivity contribution is 5.34. The van der Waals surface area contributed by atoms with Crippen molar-refractivity contribution in [3.63, 3.8) is 0 Å². The zero-order valence-corrected chi connectivity index (χ0v) is 12.5. The van der Waals surface area contributed by atoms with E-state index in [-0.39, 0.29) is 6.04 Å². The third kappa shape index (κ3) is 5.17. The van der Waals surface area contributed by atoms with E-state index in [1.165, 1.54) is 18.4 Å². The van der Waals surface area contributed by atoms with Crippen LogP contribution in [0, 0.1) is 0 Å². The van der Waals surface area contributed by atoms with Gasteiger partial charge in [0.15, 0.2) is 0 Å². The first kappa shape index (κ1) is 15.9. The van der Waals surface area contributed by atoms with Crippen LogP contribution in [0.15, 0.2) is 12.1 Å². The lowest BCUT2D eigenvalue weighted by Gasteiger charge is -2.11. The van der Waals surface area contributed by atoms with E-state index in [1.54, 1.807) is 21.3 Å². The van der Waals surface area contributed by atoms with Crippen LogP contribution in [-0.4, -0.2) is 32.4 Å². The van der Waals surface area contributed by atoms with Crippen molar-refractivity contribution in [1.29, 1.82) is 0 Å². The van der Waals surface area contributed by atoms with Crippen LogP contribution in [0.25, 0.3) is 0 Å². The lowest BCUT2D eigenvalue weighted by Crippen LogP contribution is -2.22. The van der Waals surface area contributed by atoms with Gasteiger partial charge in [-0.3, -0.25) is 0 Å². The summed E-state index contributed by atoms with van der Waals surface area (Å²) in [5.41, 5.74) is 8.22. The molecule has 1 unspecified atom stereocenters. The fourth-order valence-corrected chi connectivity index (χ4v) is 1.88. The molecular weight excluding hydrogens is 240 g/mol. The van der Waals surface area contributed by atoms with Crippen LogP contribution >= 0.6 is 0 Å². The third-order valence-corrected chi connectivity index (χ3v) is 3.15. The third-order valence-electron chi connectivity index (χ3n) is 3.15. The molecule has 0 saturated heterocycles. The number of nitrogens with two attached hydrogens (primary N) is 1. The Kier molecular flexibility index (Phi) is 6.81. The summed E-state index contributed by atoms with van der Waals surface area (Å²) in [4.78, 5) is 4.54. The van der Waals surface area contributed by atoms with Crippen LogP contribution in [0.2, 0.25) is 0 Å². The highest BCUT2D eigenvalue weighted by atomic mass is 16.5. The normalized spacial score (nSPS) is 15.4. The van der Waals surface area contributed by atoms with Gasteiger partial charge in [0.1, 0.15) is 0 Å². The molecule has 0 radical (unpaired) electrons. The Labute approximate surface area is 116 Å². The second-order valence-corrected chi connectivity index (χ2v) is 4.96. The minimum atomic E-state index is 0.198. The first-order chi connectivity index (χ1) is 9.15. The molecule has 108 valence electrons. The highest BCUT2D eigenvalue weighted by Crippen LogP contribution is 2.43. The van der Waals surface area contributed by atoms with E-state index in [0.29, 0.717) is 5.92 Å². The smallest absolute Gasteiger partial charge is 0.216 e. The van der Waals surface area contributed by atoms with Gasteiger partial charge in [-0.15, -0.1) is 0 Å². The quantitative estimate of drug-likeness (QED) is 0.889. The average Bonchev–Trinajstić information content (AvgIpc) is 3.23. The van der Waals surface area contributed by atoms with E-state index in [2.05, 4.69) is 28.8 Å². The van der Waals surface area contributed by atoms with Crippen molar-refractivity contribution in [2.24, 2.45) is 5.73 Å². The fraction of sp³-hybridized carbons (Fsp3) is 0.667. The molecule has 1 heterocycles. The van der Waals surface area contributed by atoms with Crippen molar-refractivity contribution >= 4 is 0 Å². The van der Waals surface area contributed by atoms with Gasteiger partial charge >= 0.3 is 0 Å². The Bertz CT molecular complexity index is 378. The minimum absolute atomic E-state index is 0.198. The van der Waals surface area contributed by atoms with Gasteiger partial charge in [0, 0.05) is 37.9 Å². The van der Waals surface area contributed by atoms with Crippen LogP contribution in [0.5, 0.6) is 5.88 Å². The second kappa shape index (κ2) is 8.12. The molecule has 0 spiro atoms. The van der Waals surface area contributed by atoms with Gasteiger partial charge in [0.25, 0.3) is 0 Å². The predicted octanol–water partition coefficient (Wildman–Crippen LogP) is 2.51. The van der Waals surface area contributed by atoms with Crippen LogP contribution in [0.3, 0.4) is 0 Å². The summed E-state index contributed by atoms with van der Waals surface area (Å²) in [6, 6.07) is 4.44. The molecule has 4 heteroatoms. The fourth-order valence-electron chi connectivity index (χ4n) is 1.88. The number of pyridine rings is 1. The van der Waals surface area contributed by atoms with Crippen molar-refractivity contribution < 1.29 is 9.47 Å². The summed E-state index contributed by atoms with van der Waals surface area (Å²) in [6.07, 6.45) is 4.35. The number of hydrogen-bond acceptors (Lipinski definition) is 4. The van der Waals surface area contributed by atoms with Gasteiger partial charge in [-0.2, -0.15) is 0 Å². The summed E-state index contributed by atoms with van der Waals surface area (Å²) >= 11 is 0. The topological polar surface area (TPSA) is 57.4 Å². The van der Waals surface area contributed by atoms with Gasteiger partial charge in [0.05, 0.1) is 7.11 Å². The summed E-state index contributed by atoms with van der Waals surface area (Å²) in [6.45, 7) is 2.10. The van der Waals surface area contributed by atoms with Crippen molar-refractivity contribution in [2.45, 2.75) is 44.6 Å². The standard InChI is InChI=1S/C13H20N2O.C2H6O/c1-3-10(14)8-11-6-7-12(9-4-5-9)13(15-11)16-2;1-3-2/h6-7,9-10H,3-5,8,14H2,1-2H3;1-2H3. The van der Waals surface area contributed by atoms with Crippen LogP contribution in [0.1, 0.15) is 43.4 Å². The molecule has 1 saturated carbocycles. The van der Waals surface area contributed by atoms with E-state index >= 15 is 0 Å². The van der Waals surface area contributed by atoms with E-state index in [9.17, 15) is 0 Å². The monoisotopic (exact) mass is 266 g/mol. The molecule has 0 amide bonds. The zero-order chi connectivity index (χ0) is 14.3. The predicted molar refractivity (Wildman–Crippen MR) is 77.7 cm³/mol. The molecule has 2 rings (SSSR count). The molecular formula is C15H26N2O2. The summed E-state index contributed by atoms with van der Waals surface area (Å²) < 4.78 is 9.60. The summed E-state index contributed by atoms with van der Waals surface area (Å²) in [5.74, 6) is 1.47. The first-order valence-corrected chi connectivity index (χ1v) is 6.85. The van der Waals surface area contributed by atoms with Gasteiger partial charge in [0.2, 0.25) is 5.88 Å². The second-order valence-electron chi connectivity index (χ2n) is 4.96. The molecule has 2 N–H and O–H groups in total. The molecule has 19 heavy (non-hydrogen) atoms. The van der Waals surface area contributed by atoms with Crippen LogP contribution in [-0.2, 0) is 11.2 Å². The Hall–Kier alpha value is -1.13. The van der Waals surface area contributed by atoms with Gasteiger partial charge < -0.3 is 15.2 Å². The van der Waals surface area contributed by atoms with Gasteiger partial charge in [-0.25, -0.2) is 4.98 Å². The van der Waals surface area contributed by atoms with E-state index in [1.807, 2.05) is 0 Å². The number of hydrogen-bond donors (Lipinski definition) is 1. The largest absolute Gasteiger partial charge is 0.481 e. The Morgan fingerprint density at radius 2 is 1.95 bits per heavy atom. The maximum atomic E-state index is 5.93. The molecule has 0 aromatic carbocycles. The van der Waals surface area contributed by atoms with E-state index in [4.69, 9.17) is 10.5 Å². The first-order valence-electron chi connectivity index (χ1n) is 6.85. The molecule has 1 atom stereocenters. The lowest BCUT2D eigenvalue weighted by molar-refractivity contribution is 0.277. The maximum absolute atomic E-state index is 5.93. The average molecular weight is 266 g/mol. The lowest BCUT2D eigenvalue weighted by atomic mass is 10.1. The highest BCUT2D eigenvalue weighted by Gasteiger charge is 2.27. The van der Waals surface area contributed by atoms with Gasteiger partial charge in [-0.1, -0.05) is 13.0 Å². The summed E-state index contributed by atoms with van der Waals surface area (Å²) in [5, 5.41) is 0. The minimum Gasteiger partial charge on any atom is -0.481 e. The molecule has 0 bridgehead atoms. The molecule has 1 fully saturated rings. The van der Waals surface area contributed by atoms with E-state index < -0.39 is 0 Å². The van der Waals surface area contributed by atoms with Crippen molar-refractivity contribution in [1.82, 2.24) is 4.98 Å². The van der Waals surface area contributed by atoms with Crippen molar-refractivity contribution in [2.75, 3.05) is 21.3 Å². The van der Waals surface area contributed by atoms with Crippen molar-refractivity contribution in [3.05, 3.63) is 23.4 Å². The Morgan fingerprint density at radius 3 is 2.42 bits per heavy atom. The molecule has 1 aliphatic rings. The van der Waals surface area contributed by atoms with Crippen LogP contribution < -0.4 is 10.5 Å². The van der Waals surface area contributed by atoms with Crippen molar-refractivity contribution in [3.8, 4) is 5.88 Å². The zero-order valence-electron chi connectivity index (χ0n) is 12.5. The number of ether oxygens (including phenoxy) is 2. The number of rotatable bonds is 5. The van der Waals surface area contributed by atoms with Gasteiger partial charge in [-0.05, 0) is 31.2 Å². The number of aromatic nitrogens is 1. The molecule has 1 aromatic rings. The molecule has 1 aromatic heterocycles. The summed E-state index contributed by atoms with van der Waals surface area (Å²) in [7, 11) is 4.94. The SMILES string of the molecule is CCC(N)Cc1ccc(C2CC2)c(OC)n1.COC. The number of nitrogens with zero attached hydrogens (tertiary/aromatic N) is 1. The Morgan fingerprint density at radius 1 is 1.32 bits per heavy atom. The molecule has 0 aliphatic heterocycles. The molecule has 1 aliphatic carbocycles. The Balaban J connectivity index is 0.000000550.